The zero-order valence-corrected chi connectivity index (χ0v) is 14.4. The molecule has 134 valence electrons. The fraction of sp³-hybridized carbons (Fsp3) is 0.375. The molecule has 0 unspecified atom stereocenters. The summed E-state index contributed by atoms with van der Waals surface area (Å²) in [6.45, 7) is 1.49. The second kappa shape index (κ2) is 7.32. The highest BCUT2D eigenvalue weighted by molar-refractivity contribution is 7.89. The fourth-order valence-electron chi connectivity index (χ4n) is 2.77. The topological polar surface area (TPSA) is 75.5 Å². The lowest BCUT2D eigenvalue weighted by molar-refractivity contribution is -0.131. The third-order valence-corrected chi connectivity index (χ3v) is 6.03. The second-order valence-electron chi connectivity index (χ2n) is 5.80. The molecule has 1 aliphatic rings. The van der Waals surface area contributed by atoms with Crippen molar-refractivity contribution in [2.24, 2.45) is 0 Å². The smallest absolute Gasteiger partial charge is 0.244 e. The molecule has 1 aromatic heterocycles. The summed E-state index contributed by atoms with van der Waals surface area (Å²) < 4.78 is 41.2. The number of aromatic nitrogens is 2. The van der Waals surface area contributed by atoms with Crippen LogP contribution < -0.4 is 0 Å². The predicted molar refractivity (Wildman–Crippen MR) is 88.6 cm³/mol. The lowest BCUT2D eigenvalue weighted by Gasteiger charge is -2.22. The van der Waals surface area contributed by atoms with Gasteiger partial charge in [-0.2, -0.15) is 9.40 Å². The number of nitrogens with zero attached hydrogens (tertiary/aromatic N) is 4. The van der Waals surface area contributed by atoms with E-state index in [1.165, 1.54) is 16.4 Å². The van der Waals surface area contributed by atoms with E-state index in [1.807, 2.05) is 0 Å². The molecule has 0 saturated carbocycles. The van der Waals surface area contributed by atoms with Crippen LogP contribution in [0.5, 0.6) is 0 Å². The molecule has 9 heteroatoms. The van der Waals surface area contributed by atoms with Gasteiger partial charge in [0.05, 0.1) is 4.90 Å². The Morgan fingerprint density at radius 1 is 1.12 bits per heavy atom. The maximum atomic E-state index is 13.0. The minimum absolute atomic E-state index is 0.0604. The Bertz CT molecular complexity index is 822. The summed E-state index contributed by atoms with van der Waals surface area (Å²) in [7, 11) is -3.69. The SMILES string of the molecule is O=C(Cn1cccn1)N1CCCN(S(=O)(=O)c2ccc(F)cc2)CC1. The average Bonchev–Trinajstić information content (AvgIpc) is 2.95. The van der Waals surface area contributed by atoms with Crippen molar-refractivity contribution in [2.75, 3.05) is 26.2 Å². The third-order valence-electron chi connectivity index (χ3n) is 4.12. The maximum absolute atomic E-state index is 13.0. The van der Waals surface area contributed by atoms with Crippen LogP contribution in [0.1, 0.15) is 6.42 Å². The summed E-state index contributed by atoms with van der Waals surface area (Å²) in [4.78, 5) is 14.1. The van der Waals surface area contributed by atoms with Crippen molar-refractivity contribution < 1.29 is 17.6 Å². The van der Waals surface area contributed by atoms with Crippen LogP contribution >= 0.6 is 0 Å². The van der Waals surface area contributed by atoms with E-state index < -0.39 is 15.8 Å². The number of amides is 1. The standard InChI is InChI=1S/C16H19FN4O3S/c17-14-3-5-15(6-4-14)25(23,24)21-10-2-8-19(11-12-21)16(22)13-20-9-1-7-18-20/h1,3-7,9H,2,8,10-13H2. The first-order valence-electron chi connectivity index (χ1n) is 7.98. The van der Waals surface area contributed by atoms with Crippen LogP contribution in [0.2, 0.25) is 0 Å². The highest BCUT2D eigenvalue weighted by Crippen LogP contribution is 2.18. The minimum Gasteiger partial charge on any atom is -0.340 e. The molecule has 7 nitrogen and oxygen atoms in total. The van der Waals surface area contributed by atoms with Gasteiger partial charge in [-0.3, -0.25) is 9.48 Å². The van der Waals surface area contributed by atoms with Crippen LogP contribution in [0.4, 0.5) is 4.39 Å². The van der Waals surface area contributed by atoms with Crippen molar-refractivity contribution in [2.45, 2.75) is 17.9 Å². The van der Waals surface area contributed by atoms with Crippen molar-refractivity contribution >= 4 is 15.9 Å². The van der Waals surface area contributed by atoms with Gasteiger partial charge >= 0.3 is 0 Å². The quantitative estimate of drug-likeness (QED) is 0.807. The fourth-order valence-corrected chi connectivity index (χ4v) is 4.24. The lowest BCUT2D eigenvalue weighted by Crippen LogP contribution is -2.38. The van der Waals surface area contributed by atoms with Crippen molar-refractivity contribution in [1.82, 2.24) is 19.0 Å². The summed E-state index contributed by atoms with van der Waals surface area (Å²) >= 11 is 0. The van der Waals surface area contributed by atoms with Gasteiger partial charge < -0.3 is 4.90 Å². The van der Waals surface area contributed by atoms with Gasteiger partial charge in [0.2, 0.25) is 15.9 Å². The number of rotatable bonds is 4. The van der Waals surface area contributed by atoms with E-state index in [0.29, 0.717) is 26.1 Å². The number of hydrogen-bond donors (Lipinski definition) is 0. The molecular formula is C16H19FN4O3S. The molecule has 1 aromatic carbocycles. The molecule has 1 aliphatic heterocycles. The summed E-state index contributed by atoms with van der Waals surface area (Å²) in [5.41, 5.74) is 0. The Morgan fingerprint density at radius 3 is 2.56 bits per heavy atom. The Morgan fingerprint density at radius 2 is 1.88 bits per heavy atom. The molecule has 1 amide bonds. The van der Waals surface area contributed by atoms with Crippen LogP contribution in [0.3, 0.4) is 0 Å². The van der Waals surface area contributed by atoms with Gasteiger partial charge in [-0.25, -0.2) is 12.8 Å². The highest BCUT2D eigenvalue weighted by Gasteiger charge is 2.28. The minimum atomic E-state index is -3.69. The molecule has 25 heavy (non-hydrogen) atoms. The van der Waals surface area contributed by atoms with Crippen molar-refractivity contribution in [3.63, 3.8) is 0 Å². The molecule has 3 rings (SSSR count). The first kappa shape index (κ1) is 17.6. The molecular weight excluding hydrogens is 347 g/mol. The van der Waals surface area contributed by atoms with Gasteiger partial charge in [0.25, 0.3) is 0 Å². The first-order chi connectivity index (χ1) is 12.0. The Labute approximate surface area is 145 Å². The van der Waals surface area contributed by atoms with Crippen LogP contribution in [-0.4, -0.2) is 59.5 Å². The number of sulfonamides is 1. The predicted octanol–water partition coefficient (Wildman–Crippen LogP) is 0.945. The van der Waals surface area contributed by atoms with E-state index in [4.69, 9.17) is 0 Å². The van der Waals surface area contributed by atoms with Gasteiger partial charge in [0.1, 0.15) is 12.4 Å². The average molecular weight is 366 g/mol. The Balaban J connectivity index is 1.66. The van der Waals surface area contributed by atoms with E-state index in [0.717, 1.165) is 12.1 Å². The van der Waals surface area contributed by atoms with E-state index in [-0.39, 0.29) is 23.9 Å². The monoisotopic (exact) mass is 366 g/mol. The molecule has 1 saturated heterocycles. The van der Waals surface area contributed by atoms with Crippen molar-refractivity contribution in [3.05, 3.63) is 48.5 Å². The van der Waals surface area contributed by atoms with E-state index >= 15 is 0 Å². The number of hydrogen-bond acceptors (Lipinski definition) is 4. The van der Waals surface area contributed by atoms with Crippen LogP contribution in [0, 0.1) is 5.82 Å². The summed E-state index contributed by atoms with van der Waals surface area (Å²) in [5, 5.41) is 4.01. The second-order valence-corrected chi connectivity index (χ2v) is 7.73. The number of benzene rings is 1. The number of halogens is 1. The molecule has 2 heterocycles. The molecule has 0 radical (unpaired) electrons. The number of carbonyl (C=O) groups excluding carboxylic acids is 1. The molecule has 0 bridgehead atoms. The van der Waals surface area contributed by atoms with Crippen molar-refractivity contribution in [1.29, 1.82) is 0 Å². The van der Waals surface area contributed by atoms with E-state index in [9.17, 15) is 17.6 Å². The number of carbonyl (C=O) groups is 1. The van der Waals surface area contributed by atoms with E-state index in [1.54, 1.807) is 28.0 Å². The van der Waals surface area contributed by atoms with Gasteiger partial charge in [0, 0.05) is 38.6 Å². The normalized spacial score (nSPS) is 16.6. The molecule has 0 spiro atoms. The molecule has 0 N–H and O–H groups in total. The van der Waals surface area contributed by atoms with Gasteiger partial charge in [-0.1, -0.05) is 0 Å². The Kier molecular flexibility index (Phi) is 5.14. The lowest BCUT2D eigenvalue weighted by atomic mass is 10.4. The zero-order chi connectivity index (χ0) is 17.9. The molecule has 0 aliphatic carbocycles. The first-order valence-corrected chi connectivity index (χ1v) is 9.42. The summed E-state index contributed by atoms with van der Waals surface area (Å²) in [6, 6.07) is 6.52. The van der Waals surface area contributed by atoms with Gasteiger partial charge in [0.15, 0.2) is 0 Å². The summed E-state index contributed by atoms with van der Waals surface area (Å²) in [5.74, 6) is -0.574. The largest absolute Gasteiger partial charge is 0.340 e. The van der Waals surface area contributed by atoms with Gasteiger partial charge in [-0.15, -0.1) is 0 Å². The van der Waals surface area contributed by atoms with Crippen LogP contribution in [-0.2, 0) is 21.4 Å². The molecule has 1 fully saturated rings. The van der Waals surface area contributed by atoms with Crippen LogP contribution in [0.25, 0.3) is 0 Å². The highest BCUT2D eigenvalue weighted by atomic mass is 32.2. The Hall–Kier alpha value is -2.26. The third kappa shape index (κ3) is 4.05. The molecule has 0 atom stereocenters. The van der Waals surface area contributed by atoms with Crippen LogP contribution in [0.15, 0.2) is 47.6 Å². The van der Waals surface area contributed by atoms with Gasteiger partial charge in [-0.05, 0) is 36.8 Å². The molecule has 2 aromatic rings. The van der Waals surface area contributed by atoms with E-state index in [2.05, 4.69) is 5.10 Å². The van der Waals surface area contributed by atoms with Crippen molar-refractivity contribution in [3.8, 4) is 0 Å². The zero-order valence-electron chi connectivity index (χ0n) is 13.6. The maximum Gasteiger partial charge on any atom is 0.244 e. The summed E-state index contributed by atoms with van der Waals surface area (Å²) in [6.07, 6.45) is 3.86.